The SMILES string of the molecule is CC(C)(CCO)NC(=O)CCc1cccc(Br)c1. The number of hydrogen-bond acceptors (Lipinski definition) is 2. The fourth-order valence-electron chi connectivity index (χ4n) is 1.73. The van der Waals surface area contributed by atoms with Gasteiger partial charge in [0.05, 0.1) is 0 Å². The Morgan fingerprint density at radius 3 is 2.78 bits per heavy atom. The summed E-state index contributed by atoms with van der Waals surface area (Å²) in [5.74, 6) is 0.0217. The van der Waals surface area contributed by atoms with Gasteiger partial charge in [-0.3, -0.25) is 4.79 Å². The second-order valence-corrected chi connectivity index (χ2v) is 5.95. The number of amides is 1. The third-order valence-corrected chi connectivity index (χ3v) is 3.24. The van der Waals surface area contributed by atoms with Crippen LogP contribution in [0.15, 0.2) is 28.7 Å². The molecule has 0 heterocycles. The molecule has 1 aromatic carbocycles. The van der Waals surface area contributed by atoms with Gasteiger partial charge in [0.2, 0.25) is 5.91 Å². The smallest absolute Gasteiger partial charge is 0.220 e. The summed E-state index contributed by atoms with van der Waals surface area (Å²) in [6, 6.07) is 7.96. The van der Waals surface area contributed by atoms with Crippen LogP contribution in [0, 0.1) is 0 Å². The minimum absolute atomic E-state index is 0.0217. The van der Waals surface area contributed by atoms with Gasteiger partial charge >= 0.3 is 0 Å². The zero-order valence-electron chi connectivity index (χ0n) is 10.9. The average Bonchev–Trinajstić information content (AvgIpc) is 2.25. The van der Waals surface area contributed by atoms with Crippen LogP contribution >= 0.6 is 15.9 Å². The highest BCUT2D eigenvalue weighted by Crippen LogP contribution is 2.13. The second-order valence-electron chi connectivity index (χ2n) is 5.04. The van der Waals surface area contributed by atoms with Gasteiger partial charge in [-0.1, -0.05) is 28.1 Å². The molecule has 0 saturated heterocycles. The molecule has 0 aliphatic heterocycles. The van der Waals surface area contributed by atoms with Crippen molar-refractivity contribution in [3.05, 3.63) is 34.3 Å². The number of carbonyl (C=O) groups excluding carboxylic acids is 1. The fourth-order valence-corrected chi connectivity index (χ4v) is 2.18. The van der Waals surface area contributed by atoms with Crippen molar-refractivity contribution >= 4 is 21.8 Å². The summed E-state index contributed by atoms with van der Waals surface area (Å²) >= 11 is 3.41. The van der Waals surface area contributed by atoms with Crippen LogP contribution in [-0.4, -0.2) is 23.2 Å². The van der Waals surface area contributed by atoms with E-state index in [0.717, 1.165) is 16.5 Å². The Morgan fingerprint density at radius 2 is 2.17 bits per heavy atom. The molecule has 0 spiro atoms. The zero-order chi connectivity index (χ0) is 13.6. The maximum Gasteiger partial charge on any atom is 0.220 e. The predicted octanol–water partition coefficient (Wildman–Crippen LogP) is 2.66. The molecular weight excluding hydrogens is 294 g/mol. The summed E-state index contributed by atoms with van der Waals surface area (Å²) in [4.78, 5) is 11.8. The van der Waals surface area contributed by atoms with Crippen LogP contribution in [0.4, 0.5) is 0 Å². The number of nitrogens with one attached hydrogen (secondary N) is 1. The molecule has 3 nitrogen and oxygen atoms in total. The van der Waals surface area contributed by atoms with E-state index in [4.69, 9.17) is 5.11 Å². The Kier molecular flexibility index (Phi) is 5.82. The number of rotatable bonds is 6. The quantitative estimate of drug-likeness (QED) is 0.848. The molecular formula is C14H20BrNO2. The molecule has 0 bridgehead atoms. The van der Waals surface area contributed by atoms with Crippen molar-refractivity contribution in [2.45, 2.75) is 38.6 Å². The number of halogens is 1. The minimum atomic E-state index is -0.344. The van der Waals surface area contributed by atoms with E-state index in [1.54, 1.807) is 0 Å². The summed E-state index contributed by atoms with van der Waals surface area (Å²) in [6.45, 7) is 3.92. The van der Waals surface area contributed by atoms with E-state index in [2.05, 4.69) is 21.2 Å². The molecule has 4 heteroatoms. The average molecular weight is 314 g/mol. The Labute approximate surface area is 117 Å². The molecule has 18 heavy (non-hydrogen) atoms. The molecule has 1 rings (SSSR count). The van der Waals surface area contributed by atoms with Crippen molar-refractivity contribution in [2.24, 2.45) is 0 Å². The van der Waals surface area contributed by atoms with Gasteiger partial charge in [-0.05, 0) is 44.4 Å². The number of hydrogen-bond donors (Lipinski definition) is 2. The van der Waals surface area contributed by atoms with Gasteiger partial charge in [0.1, 0.15) is 0 Å². The summed E-state index contributed by atoms with van der Waals surface area (Å²) in [5, 5.41) is 11.8. The van der Waals surface area contributed by atoms with Crippen LogP contribution in [0.1, 0.15) is 32.3 Å². The van der Waals surface area contributed by atoms with Crippen LogP contribution in [0.25, 0.3) is 0 Å². The normalized spacial score (nSPS) is 11.3. The van der Waals surface area contributed by atoms with E-state index in [9.17, 15) is 4.79 Å². The lowest BCUT2D eigenvalue weighted by Crippen LogP contribution is -2.44. The Bertz CT molecular complexity index is 405. The van der Waals surface area contributed by atoms with Gasteiger partial charge in [0.25, 0.3) is 0 Å². The third-order valence-electron chi connectivity index (χ3n) is 2.74. The maximum absolute atomic E-state index is 11.8. The van der Waals surface area contributed by atoms with Gasteiger partial charge in [0.15, 0.2) is 0 Å². The molecule has 0 atom stereocenters. The van der Waals surface area contributed by atoms with Crippen LogP contribution < -0.4 is 5.32 Å². The number of aliphatic hydroxyl groups is 1. The number of benzene rings is 1. The lowest BCUT2D eigenvalue weighted by atomic mass is 10.0. The number of carbonyl (C=O) groups is 1. The predicted molar refractivity (Wildman–Crippen MR) is 76.4 cm³/mol. The van der Waals surface area contributed by atoms with Gasteiger partial charge in [-0.15, -0.1) is 0 Å². The maximum atomic E-state index is 11.8. The molecule has 0 saturated carbocycles. The Hall–Kier alpha value is -0.870. The van der Waals surface area contributed by atoms with E-state index in [1.807, 2.05) is 38.1 Å². The van der Waals surface area contributed by atoms with Crippen LogP contribution in [0.5, 0.6) is 0 Å². The van der Waals surface area contributed by atoms with Crippen molar-refractivity contribution < 1.29 is 9.90 Å². The summed E-state index contributed by atoms with van der Waals surface area (Å²) in [5.41, 5.74) is 0.794. The lowest BCUT2D eigenvalue weighted by Gasteiger charge is -2.25. The van der Waals surface area contributed by atoms with Gasteiger partial charge in [0, 0.05) is 23.0 Å². The first kappa shape index (κ1) is 15.2. The molecule has 0 unspecified atom stereocenters. The number of aliphatic hydroxyl groups excluding tert-OH is 1. The molecule has 0 aromatic heterocycles. The molecule has 1 aromatic rings. The highest BCUT2D eigenvalue weighted by atomic mass is 79.9. The van der Waals surface area contributed by atoms with Crippen molar-refractivity contribution in [3.63, 3.8) is 0 Å². The second kappa shape index (κ2) is 6.90. The van der Waals surface area contributed by atoms with E-state index in [1.165, 1.54) is 0 Å². The standard InChI is InChI=1S/C14H20BrNO2/c1-14(2,8-9-17)16-13(18)7-6-11-4-3-5-12(15)10-11/h3-5,10,17H,6-9H2,1-2H3,(H,16,18). The highest BCUT2D eigenvalue weighted by Gasteiger charge is 2.19. The van der Waals surface area contributed by atoms with E-state index < -0.39 is 0 Å². The van der Waals surface area contributed by atoms with Crippen molar-refractivity contribution in [1.82, 2.24) is 5.32 Å². The summed E-state index contributed by atoms with van der Waals surface area (Å²) in [6.07, 6.45) is 1.75. The number of aryl methyl sites for hydroxylation is 1. The van der Waals surface area contributed by atoms with Crippen molar-refractivity contribution in [1.29, 1.82) is 0 Å². The Morgan fingerprint density at radius 1 is 1.44 bits per heavy atom. The third kappa shape index (κ3) is 5.65. The molecule has 0 aliphatic rings. The molecule has 100 valence electrons. The van der Waals surface area contributed by atoms with Crippen LogP contribution in [-0.2, 0) is 11.2 Å². The van der Waals surface area contributed by atoms with Gasteiger partial charge < -0.3 is 10.4 Å². The lowest BCUT2D eigenvalue weighted by molar-refractivity contribution is -0.122. The van der Waals surface area contributed by atoms with E-state index in [0.29, 0.717) is 12.8 Å². The van der Waals surface area contributed by atoms with E-state index in [-0.39, 0.29) is 18.1 Å². The summed E-state index contributed by atoms with van der Waals surface area (Å²) < 4.78 is 1.03. The fraction of sp³-hybridized carbons (Fsp3) is 0.500. The molecule has 2 N–H and O–H groups in total. The monoisotopic (exact) mass is 313 g/mol. The molecule has 0 aliphatic carbocycles. The van der Waals surface area contributed by atoms with Crippen LogP contribution in [0.2, 0.25) is 0 Å². The highest BCUT2D eigenvalue weighted by molar-refractivity contribution is 9.10. The van der Waals surface area contributed by atoms with Gasteiger partial charge in [-0.2, -0.15) is 0 Å². The van der Waals surface area contributed by atoms with Crippen molar-refractivity contribution in [3.8, 4) is 0 Å². The van der Waals surface area contributed by atoms with Crippen LogP contribution in [0.3, 0.4) is 0 Å². The molecule has 1 amide bonds. The first-order chi connectivity index (χ1) is 8.43. The largest absolute Gasteiger partial charge is 0.396 e. The minimum Gasteiger partial charge on any atom is -0.396 e. The summed E-state index contributed by atoms with van der Waals surface area (Å²) in [7, 11) is 0. The van der Waals surface area contributed by atoms with Crippen molar-refractivity contribution in [2.75, 3.05) is 6.61 Å². The van der Waals surface area contributed by atoms with Gasteiger partial charge in [-0.25, -0.2) is 0 Å². The first-order valence-electron chi connectivity index (χ1n) is 6.09. The molecule has 0 fully saturated rings. The zero-order valence-corrected chi connectivity index (χ0v) is 12.5. The molecule has 0 radical (unpaired) electrons. The topological polar surface area (TPSA) is 49.3 Å². The first-order valence-corrected chi connectivity index (χ1v) is 6.88. The Balaban J connectivity index is 2.42. The van der Waals surface area contributed by atoms with E-state index >= 15 is 0 Å².